The van der Waals surface area contributed by atoms with Crippen LogP contribution in [0.25, 0.3) is 83.8 Å². The first kappa shape index (κ1) is 30.5. The molecule has 0 saturated heterocycles. The molecule has 0 bridgehead atoms. The highest BCUT2D eigenvalue weighted by Gasteiger charge is 2.17. The van der Waals surface area contributed by atoms with Crippen LogP contribution >= 0.6 is 0 Å². The lowest BCUT2D eigenvalue weighted by molar-refractivity contribution is 0.584. The standard InChI is InChI=1S/C47H35N3O/c1-31(2)32-24-27-37(28-25-32)50-44-19-11-10-18-42(44)43-30-36(26-29-45(43)50)39-15-7-9-17-41(39)40-16-8-6-14-38(40)33-20-22-35(23-21-33)47-49-48-46(51-47)34-12-4-3-5-13-34/h3-31H,1-2H3. The van der Waals surface area contributed by atoms with Gasteiger partial charge in [-0.25, -0.2) is 0 Å². The Bertz CT molecular complexity index is 2650. The predicted octanol–water partition coefficient (Wildman–Crippen LogP) is 12.6. The van der Waals surface area contributed by atoms with Crippen LogP contribution in [-0.4, -0.2) is 14.8 Å². The zero-order valence-corrected chi connectivity index (χ0v) is 28.5. The molecule has 4 heteroatoms. The molecule has 0 N–H and O–H groups in total. The third-order valence-electron chi connectivity index (χ3n) is 9.83. The minimum atomic E-state index is 0.495. The molecule has 0 amide bonds. The van der Waals surface area contributed by atoms with Crippen molar-refractivity contribution in [3.05, 3.63) is 175 Å². The first-order valence-electron chi connectivity index (χ1n) is 17.4. The van der Waals surface area contributed by atoms with Gasteiger partial charge in [0.1, 0.15) is 0 Å². The van der Waals surface area contributed by atoms with Gasteiger partial charge in [0.2, 0.25) is 11.8 Å². The predicted molar refractivity (Wildman–Crippen MR) is 210 cm³/mol. The summed E-state index contributed by atoms with van der Waals surface area (Å²) in [4.78, 5) is 0. The fraction of sp³-hybridized carbons (Fsp3) is 0.0638. The molecule has 0 aliphatic carbocycles. The molecule has 0 aliphatic heterocycles. The van der Waals surface area contributed by atoms with Crippen molar-refractivity contribution in [2.75, 3.05) is 0 Å². The van der Waals surface area contributed by atoms with E-state index in [0.717, 1.165) is 22.3 Å². The minimum Gasteiger partial charge on any atom is -0.416 e. The molecule has 0 saturated carbocycles. The minimum absolute atomic E-state index is 0.495. The van der Waals surface area contributed by atoms with E-state index in [1.165, 1.54) is 55.3 Å². The lowest BCUT2D eigenvalue weighted by Gasteiger charge is -2.15. The number of fused-ring (bicyclic) bond motifs is 3. The molecule has 0 spiro atoms. The second-order valence-corrected chi connectivity index (χ2v) is 13.3. The van der Waals surface area contributed by atoms with E-state index in [4.69, 9.17) is 4.42 Å². The molecule has 7 aromatic carbocycles. The molecule has 9 aromatic rings. The van der Waals surface area contributed by atoms with Crippen molar-refractivity contribution in [1.29, 1.82) is 0 Å². The Kier molecular flexibility index (Phi) is 7.63. The lowest BCUT2D eigenvalue weighted by Crippen LogP contribution is -1.95. The van der Waals surface area contributed by atoms with E-state index in [0.29, 0.717) is 17.7 Å². The van der Waals surface area contributed by atoms with Crippen molar-refractivity contribution < 1.29 is 4.42 Å². The Morgan fingerprint density at radius 2 is 0.941 bits per heavy atom. The normalized spacial score (nSPS) is 11.5. The number of para-hydroxylation sites is 1. The van der Waals surface area contributed by atoms with Gasteiger partial charge in [-0.1, -0.05) is 129 Å². The number of hydrogen-bond acceptors (Lipinski definition) is 3. The van der Waals surface area contributed by atoms with Gasteiger partial charge in [0.25, 0.3) is 0 Å². The largest absolute Gasteiger partial charge is 0.416 e. The maximum absolute atomic E-state index is 6.03. The van der Waals surface area contributed by atoms with Crippen LogP contribution in [0, 0.1) is 0 Å². The van der Waals surface area contributed by atoms with Crippen molar-refractivity contribution in [3.63, 3.8) is 0 Å². The van der Waals surface area contributed by atoms with Crippen LogP contribution in [0.15, 0.2) is 174 Å². The zero-order chi connectivity index (χ0) is 34.3. The molecule has 0 unspecified atom stereocenters. The van der Waals surface area contributed by atoms with Gasteiger partial charge in [-0.05, 0) is 99.5 Å². The van der Waals surface area contributed by atoms with Crippen LogP contribution in [0.1, 0.15) is 25.3 Å². The zero-order valence-electron chi connectivity index (χ0n) is 28.5. The number of rotatable bonds is 7. The Hall–Kier alpha value is -6.52. The molecular weight excluding hydrogens is 623 g/mol. The molecule has 0 atom stereocenters. The maximum atomic E-state index is 6.03. The highest BCUT2D eigenvalue weighted by Crippen LogP contribution is 2.41. The van der Waals surface area contributed by atoms with Gasteiger partial charge in [0.05, 0.1) is 11.0 Å². The van der Waals surface area contributed by atoms with Gasteiger partial charge in [-0.2, -0.15) is 0 Å². The first-order chi connectivity index (χ1) is 25.1. The molecule has 0 fully saturated rings. The molecule has 9 rings (SSSR count). The van der Waals surface area contributed by atoms with Crippen molar-refractivity contribution in [1.82, 2.24) is 14.8 Å². The van der Waals surface area contributed by atoms with Crippen molar-refractivity contribution in [3.8, 4) is 62.0 Å². The quantitative estimate of drug-likeness (QED) is 0.171. The second kappa shape index (κ2) is 12.7. The van der Waals surface area contributed by atoms with Gasteiger partial charge >= 0.3 is 0 Å². The first-order valence-corrected chi connectivity index (χ1v) is 17.4. The summed E-state index contributed by atoms with van der Waals surface area (Å²) in [6.45, 7) is 4.48. The van der Waals surface area contributed by atoms with E-state index in [9.17, 15) is 0 Å². The van der Waals surface area contributed by atoms with Gasteiger partial charge in [0.15, 0.2) is 0 Å². The molecule has 51 heavy (non-hydrogen) atoms. The molecule has 0 radical (unpaired) electrons. The van der Waals surface area contributed by atoms with Crippen molar-refractivity contribution in [2.45, 2.75) is 19.8 Å². The summed E-state index contributed by atoms with van der Waals surface area (Å²) in [5.74, 6) is 1.51. The number of hydrogen-bond donors (Lipinski definition) is 0. The summed E-state index contributed by atoms with van der Waals surface area (Å²) >= 11 is 0. The van der Waals surface area contributed by atoms with Crippen LogP contribution < -0.4 is 0 Å². The van der Waals surface area contributed by atoms with Gasteiger partial charge in [-0.3, -0.25) is 0 Å². The highest BCUT2D eigenvalue weighted by molar-refractivity contribution is 6.11. The summed E-state index contributed by atoms with van der Waals surface area (Å²) in [5, 5.41) is 11.1. The summed E-state index contributed by atoms with van der Waals surface area (Å²) in [7, 11) is 0. The Balaban J connectivity index is 1.10. The smallest absolute Gasteiger partial charge is 0.248 e. The van der Waals surface area contributed by atoms with E-state index in [1.807, 2.05) is 30.3 Å². The fourth-order valence-corrected chi connectivity index (χ4v) is 7.20. The average Bonchev–Trinajstić information content (AvgIpc) is 3.82. The Morgan fingerprint density at radius 1 is 0.431 bits per heavy atom. The van der Waals surface area contributed by atoms with Gasteiger partial charge in [-0.15, -0.1) is 10.2 Å². The summed E-state index contributed by atoms with van der Waals surface area (Å²) < 4.78 is 8.42. The van der Waals surface area contributed by atoms with E-state index in [2.05, 4.69) is 168 Å². The Morgan fingerprint density at radius 3 is 1.61 bits per heavy atom. The molecular formula is C47H35N3O. The van der Waals surface area contributed by atoms with E-state index < -0.39 is 0 Å². The van der Waals surface area contributed by atoms with E-state index in [1.54, 1.807) is 0 Å². The monoisotopic (exact) mass is 657 g/mol. The van der Waals surface area contributed by atoms with Crippen LogP contribution in [-0.2, 0) is 0 Å². The molecule has 2 aromatic heterocycles. The lowest BCUT2D eigenvalue weighted by atomic mass is 9.89. The number of benzene rings is 7. The molecule has 2 heterocycles. The third-order valence-corrected chi connectivity index (χ3v) is 9.83. The number of aromatic nitrogens is 3. The van der Waals surface area contributed by atoms with Crippen LogP contribution in [0.2, 0.25) is 0 Å². The van der Waals surface area contributed by atoms with Gasteiger partial charge < -0.3 is 8.98 Å². The topological polar surface area (TPSA) is 43.9 Å². The van der Waals surface area contributed by atoms with E-state index >= 15 is 0 Å². The fourth-order valence-electron chi connectivity index (χ4n) is 7.20. The second-order valence-electron chi connectivity index (χ2n) is 13.3. The third kappa shape index (κ3) is 5.51. The van der Waals surface area contributed by atoms with Crippen LogP contribution in [0.4, 0.5) is 0 Å². The number of nitrogens with zero attached hydrogens (tertiary/aromatic N) is 3. The Labute approximate surface area is 297 Å². The molecule has 0 aliphatic rings. The van der Waals surface area contributed by atoms with Crippen LogP contribution in [0.5, 0.6) is 0 Å². The molecule has 4 nitrogen and oxygen atoms in total. The van der Waals surface area contributed by atoms with Gasteiger partial charge in [0, 0.05) is 27.6 Å². The SMILES string of the molecule is CC(C)c1ccc(-n2c3ccccc3c3cc(-c4ccccc4-c4ccccc4-c4ccc(-c5nnc(-c6ccccc6)o5)cc4)ccc32)cc1. The summed E-state index contributed by atoms with van der Waals surface area (Å²) in [5.41, 5.74) is 13.8. The van der Waals surface area contributed by atoms with Crippen molar-refractivity contribution in [2.24, 2.45) is 0 Å². The maximum Gasteiger partial charge on any atom is 0.248 e. The van der Waals surface area contributed by atoms with Crippen LogP contribution in [0.3, 0.4) is 0 Å². The average molecular weight is 658 g/mol. The van der Waals surface area contributed by atoms with Crippen molar-refractivity contribution >= 4 is 21.8 Å². The molecule has 244 valence electrons. The van der Waals surface area contributed by atoms with E-state index in [-0.39, 0.29) is 0 Å². The highest BCUT2D eigenvalue weighted by atomic mass is 16.4. The summed E-state index contributed by atoms with van der Waals surface area (Å²) in [6.07, 6.45) is 0. The summed E-state index contributed by atoms with van der Waals surface area (Å²) in [6, 6.07) is 60.2.